The Morgan fingerprint density at radius 1 is 1.29 bits per heavy atom. The van der Waals surface area contributed by atoms with E-state index in [1.807, 2.05) is 6.92 Å². The third-order valence-electron chi connectivity index (χ3n) is 3.45. The average Bonchev–Trinajstić information content (AvgIpc) is 2.54. The van der Waals surface area contributed by atoms with Crippen molar-refractivity contribution in [1.29, 1.82) is 0 Å². The van der Waals surface area contributed by atoms with E-state index < -0.39 is 29.4 Å². The van der Waals surface area contributed by atoms with Crippen LogP contribution in [0.4, 0.5) is 4.39 Å². The molecule has 0 spiro atoms. The molecule has 0 saturated heterocycles. The number of rotatable bonds is 6. The van der Waals surface area contributed by atoms with Crippen LogP contribution < -0.4 is 10.1 Å². The minimum atomic E-state index is -1.08. The molecular weight excluding hydrogens is 315 g/mol. The summed E-state index contributed by atoms with van der Waals surface area (Å²) in [6, 6.07) is 7.54. The average molecular weight is 332 g/mol. The van der Waals surface area contributed by atoms with Crippen molar-refractivity contribution >= 4 is 11.9 Å². The minimum Gasteiger partial charge on any atom is -0.494 e. The molecule has 1 aromatic heterocycles. The highest BCUT2D eigenvalue weighted by Crippen LogP contribution is 2.21. The molecule has 2 aromatic rings. The quantitative estimate of drug-likeness (QED) is 0.848. The van der Waals surface area contributed by atoms with Gasteiger partial charge in [-0.2, -0.15) is 0 Å². The SMILES string of the molecule is COc1ccnc(C(=O)NC(CC(=O)O)c2ccc(C)cc2)c1F. The van der Waals surface area contributed by atoms with Gasteiger partial charge in [-0.1, -0.05) is 29.8 Å². The summed E-state index contributed by atoms with van der Waals surface area (Å²) >= 11 is 0. The number of pyridine rings is 1. The monoisotopic (exact) mass is 332 g/mol. The minimum absolute atomic E-state index is 0.111. The number of benzene rings is 1. The Kier molecular flexibility index (Phi) is 5.47. The summed E-state index contributed by atoms with van der Waals surface area (Å²) < 4.78 is 18.9. The van der Waals surface area contributed by atoms with Crippen LogP contribution in [0.3, 0.4) is 0 Å². The molecular formula is C17H17FN2O4. The van der Waals surface area contributed by atoms with Crippen molar-refractivity contribution in [2.24, 2.45) is 0 Å². The van der Waals surface area contributed by atoms with Gasteiger partial charge in [-0.05, 0) is 12.5 Å². The number of nitrogens with zero attached hydrogens (tertiary/aromatic N) is 1. The molecule has 1 amide bonds. The molecule has 0 saturated carbocycles. The van der Waals surface area contributed by atoms with Gasteiger partial charge >= 0.3 is 5.97 Å². The predicted octanol–water partition coefficient (Wildman–Crippen LogP) is 2.48. The molecule has 1 heterocycles. The number of hydrogen-bond donors (Lipinski definition) is 2. The lowest BCUT2D eigenvalue weighted by atomic mass is 10.0. The fourth-order valence-corrected chi connectivity index (χ4v) is 2.19. The van der Waals surface area contributed by atoms with Crippen LogP contribution in [0.25, 0.3) is 0 Å². The Bertz CT molecular complexity index is 747. The topological polar surface area (TPSA) is 88.5 Å². The van der Waals surface area contributed by atoms with E-state index >= 15 is 0 Å². The number of hydrogen-bond acceptors (Lipinski definition) is 4. The molecule has 0 bridgehead atoms. The first-order valence-electron chi connectivity index (χ1n) is 7.20. The van der Waals surface area contributed by atoms with Crippen LogP contribution in [0.5, 0.6) is 5.75 Å². The Morgan fingerprint density at radius 3 is 2.54 bits per heavy atom. The number of carboxylic acids is 1. The molecule has 6 nitrogen and oxygen atoms in total. The van der Waals surface area contributed by atoms with Gasteiger partial charge in [0.1, 0.15) is 0 Å². The van der Waals surface area contributed by atoms with E-state index in [0.717, 1.165) is 5.56 Å². The standard InChI is InChI=1S/C17H17FN2O4/c1-10-3-5-11(6-4-10)12(9-14(21)22)20-17(23)16-15(18)13(24-2)7-8-19-16/h3-8,12H,9H2,1-2H3,(H,20,23)(H,21,22). The van der Waals surface area contributed by atoms with Gasteiger partial charge in [-0.15, -0.1) is 0 Å². The summed E-state index contributed by atoms with van der Waals surface area (Å²) in [5.41, 5.74) is 1.16. The molecule has 0 radical (unpaired) electrons. The van der Waals surface area contributed by atoms with Crippen LogP contribution in [-0.4, -0.2) is 29.1 Å². The third-order valence-corrected chi connectivity index (χ3v) is 3.45. The van der Waals surface area contributed by atoms with Gasteiger partial charge < -0.3 is 15.2 Å². The number of aryl methyl sites for hydroxylation is 1. The smallest absolute Gasteiger partial charge is 0.305 e. The maximum absolute atomic E-state index is 14.1. The van der Waals surface area contributed by atoms with Gasteiger partial charge in [-0.25, -0.2) is 9.37 Å². The molecule has 0 aliphatic rings. The number of carbonyl (C=O) groups excluding carboxylic acids is 1. The van der Waals surface area contributed by atoms with Crippen molar-refractivity contribution in [2.75, 3.05) is 7.11 Å². The molecule has 0 fully saturated rings. The van der Waals surface area contributed by atoms with Gasteiger partial charge in [0.05, 0.1) is 19.6 Å². The molecule has 126 valence electrons. The Labute approximate surface area is 138 Å². The number of methoxy groups -OCH3 is 1. The van der Waals surface area contributed by atoms with Crippen molar-refractivity contribution in [2.45, 2.75) is 19.4 Å². The van der Waals surface area contributed by atoms with E-state index in [9.17, 15) is 14.0 Å². The highest BCUT2D eigenvalue weighted by Gasteiger charge is 2.23. The zero-order valence-corrected chi connectivity index (χ0v) is 13.2. The number of carbonyl (C=O) groups is 2. The number of aromatic nitrogens is 1. The molecule has 1 atom stereocenters. The molecule has 24 heavy (non-hydrogen) atoms. The molecule has 1 aromatic carbocycles. The molecule has 0 aliphatic carbocycles. The maximum atomic E-state index is 14.1. The lowest BCUT2D eigenvalue weighted by Gasteiger charge is -2.18. The predicted molar refractivity (Wildman–Crippen MR) is 84.4 cm³/mol. The van der Waals surface area contributed by atoms with Gasteiger partial charge in [0.15, 0.2) is 17.3 Å². The zero-order valence-electron chi connectivity index (χ0n) is 13.2. The fourth-order valence-electron chi connectivity index (χ4n) is 2.19. The molecule has 7 heteroatoms. The van der Waals surface area contributed by atoms with Gasteiger partial charge in [0.2, 0.25) is 0 Å². The molecule has 2 N–H and O–H groups in total. The van der Waals surface area contributed by atoms with E-state index in [4.69, 9.17) is 9.84 Å². The normalized spacial score (nSPS) is 11.6. The van der Waals surface area contributed by atoms with Crippen LogP contribution in [0.15, 0.2) is 36.5 Å². The van der Waals surface area contributed by atoms with E-state index in [1.165, 1.54) is 19.4 Å². The van der Waals surface area contributed by atoms with Gasteiger partial charge in [0, 0.05) is 12.3 Å². The van der Waals surface area contributed by atoms with Crippen molar-refractivity contribution < 1.29 is 23.8 Å². The zero-order chi connectivity index (χ0) is 17.7. The second kappa shape index (κ2) is 7.54. The van der Waals surface area contributed by atoms with E-state index in [-0.39, 0.29) is 12.2 Å². The Balaban J connectivity index is 2.27. The van der Waals surface area contributed by atoms with Crippen molar-refractivity contribution in [3.05, 3.63) is 59.2 Å². The number of carboxylic acid groups (broad SMARTS) is 1. The third kappa shape index (κ3) is 4.07. The van der Waals surface area contributed by atoms with Crippen LogP contribution in [0, 0.1) is 12.7 Å². The summed E-state index contributed by atoms with van der Waals surface area (Å²) in [6.45, 7) is 1.89. The van der Waals surface area contributed by atoms with Crippen molar-refractivity contribution in [3.63, 3.8) is 0 Å². The van der Waals surface area contributed by atoms with Crippen molar-refractivity contribution in [3.8, 4) is 5.75 Å². The highest BCUT2D eigenvalue weighted by molar-refractivity contribution is 5.93. The lowest BCUT2D eigenvalue weighted by molar-refractivity contribution is -0.137. The summed E-state index contributed by atoms with van der Waals surface area (Å²) in [5.74, 6) is -2.89. The van der Waals surface area contributed by atoms with E-state index in [0.29, 0.717) is 5.56 Å². The number of halogens is 1. The number of nitrogens with one attached hydrogen (secondary N) is 1. The number of ether oxygens (including phenoxy) is 1. The van der Waals surface area contributed by atoms with Crippen molar-refractivity contribution in [1.82, 2.24) is 10.3 Å². The van der Waals surface area contributed by atoms with E-state index in [1.54, 1.807) is 24.3 Å². The summed E-state index contributed by atoms with van der Waals surface area (Å²) in [6.07, 6.45) is 0.912. The Hall–Kier alpha value is -2.96. The second-order valence-corrected chi connectivity index (χ2v) is 5.21. The largest absolute Gasteiger partial charge is 0.494 e. The van der Waals surface area contributed by atoms with Crippen LogP contribution >= 0.6 is 0 Å². The molecule has 0 aliphatic heterocycles. The van der Waals surface area contributed by atoms with Crippen LogP contribution in [0.2, 0.25) is 0 Å². The van der Waals surface area contributed by atoms with Gasteiger partial charge in [0.25, 0.3) is 5.91 Å². The highest BCUT2D eigenvalue weighted by atomic mass is 19.1. The molecule has 1 unspecified atom stereocenters. The summed E-state index contributed by atoms with van der Waals surface area (Å²) in [7, 11) is 1.28. The number of aliphatic carboxylic acids is 1. The first kappa shape index (κ1) is 17.4. The maximum Gasteiger partial charge on any atom is 0.305 e. The summed E-state index contributed by atoms with van der Waals surface area (Å²) in [4.78, 5) is 27.1. The summed E-state index contributed by atoms with van der Waals surface area (Å²) in [5, 5.41) is 11.6. The van der Waals surface area contributed by atoms with E-state index in [2.05, 4.69) is 10.3 Å². The van der Waals surface area contributed by atoms with Crippen LogP contribution in [0.1, 0.15) is 34.1 Å². The number of amides is 1. The van der Waals surface area contributed by atoms with Gasteiger partial charge in [-0.3, -0.25) is 9.59 Å². The van der Waals surface area contributed by atoms with Crippen LogP contribution in [-0.2, 0) is 4.79 Å². The first-order valence-corrected chi connectivity index (χ1v) is 7.20. The lowest BCUT2D eigenvalue weighted by Crippen LogP contribution is -2.31. The second-order valence-electron chi connectivity index (χ2n) is 5.21. The Morgan fingerprint density at radius 2 is 1.96 bits per heavy atom. The first-order chi connectivity index (χ1) is 11.4. The molecule has 2 rings (SSSR count). The fraction of sp³-hybridized carbons (Fsp3) is 0.235.